The first-order valence-corrected chi connectivity index (χ1v) is 11.7. The van der Waals surface area contributed by atoms with E-state index in [9.17, 15) is 14.0 Å². The number of hydrogen-bond donors (Lipinski definition) is 0. The molecule has 0 N–H and O–H groups in total. The van der Waals surface area contributed by atoms with E-state index in [0.717, 1.165) is 10.4 Å². The maximum Gasteiger partial charge on any atom is 0.245 e. The van der Waals surface area contributed by atoms with Gasteiger partial charge in [0.05, 0.1) is 6.54 Å². The summed E-state index contributed by atoms with van der Waals surface area (Å²) in [7, 11) is 0. The van der Waals surface area contributed by atoms with Crippen LogP contribution >= 0.6 is 22.9 Å². The van der Waals surface area contributed by atoms with Gasteiger partial charge in [-0.25, -0.2) is 4.39 Å². The Morgan fingerprint density at radius 1 is 0.969 bits per heavy atom. The molecule has 32 heavy (non-hydrogen) atoms. The van der Waals surface area contributed by atoms with Crippen molar-refractivity contribution < 1.29 is 14.0 Å². The summed E-state index contributed by atoms with van der Waals surface area (Å²) in [6.45, 7) is 4.38. The summed E-state index contributed by atoms with van der Waals surface area (Å²) in [4.78, 5) is 30.7. The Balaban J connectivity index is 1.78. The molecule has 1 heterocycles. The quantitative estimate of drug-likeness (QED) is 0.378. The van der Waals surface area contributed by atoms with Crippen LogP contribution in [0, 0.1) is 5.82 Å². The molecule has 3 aromatic rings. The zero-order chi connectivity index (χ0) is 23.1. The van der Waals surface area contributed by atoms with E-state index in [4.69, 9.17) is 11.6 Å². The van der Waals surface area contributed by atoms with Gasteiger partial charge in [-0.2, -0.15) is 0 Å². The van der Waals surface area contributed by atoms with Crippen molar-refractivity contribution >= 4 is 34.8 Å². The Bertz CT molecular complexity index is 1010. The van der Waals surface area contributed by atoms with E-state index in [1.54, 1.807) is 40.5 Å². The third-order valence-corrected chi connectivity index (χ3v) is 6.39. The number of carbonyl (C=O) groups is 2. The topological polar surface area (TPSA) is 40.6 Å². The number of benzene rings is 2. The van der Waals surface area contributed by atoms with Gasteiger partial charge in [0.25, 0.3) is 0 Å². The Hall–Kier alpha value is -2.70. The lowest BCUT2D eigenvalue weighted by Gasteiger charge is -2.31. The number of hydrogen-bond acceptors (Lipinski definition) is 3. The predicted molar refractivity (Wildman–Crippen MR) is 127 cm³/mol. The van der Waals surface area contributed by atoms with Crippen LogP contribution in [0.3, 0.4) is 0 Å². The Labute approximate surface area is 197 Å². The molecule has 0 aliphatic carbocycles. The number of rotatable bonds is 9. The number of carbonyl (C=O) groups excluding carboxylic acids is 2. The largest absolute Gasteiger partial charge is 0.332 e. The smallest absolute Gasteiger partial charge is 0.245 e. The summed E-state index contributed by atoms with van der Waals surface area (Å²) < 4.78 is 13.3. The van der Waals surface area contributed by atoms with E-state index in [-0.39, 0.29) is 30.2 Å². The van der Waals surface area contributed by atoms with Crippen LogP contribution in [0.4, 0.5) is 4.39 Å². The highest BCUT2D eigenvalue weighted by atomic mass is 35.5. The van der Waals surface area contributed by atoms with Crippen molar-refractivity contribution in [3.63, 3.8) is 0 Å². The fourth-order valence-electron chi connectivity index (χ4n) is 3.30. The molecule has 0 bridgehead atoms. The average Bonchev–Trinajstić information content (AvgIpc) is 3.31. The second kappa shape index (κ2) is 11.2. The molecular weight excluding hydrogens is 447 g/mol. The molecule has 168 valence electrons. The molecule has 0 fully saturated rings. The van der Waals surface area contributed by atoms with Gasteiger partial charge in [0.15, 0.2) is 0 Å². The maximum atomic E-state index is 13.3. The standard InChI is InChI=1S/C25H26ClFN2O2S/c1-18(2)29(25(31)24(26)20-7-4-3-5-8-20)17-23(30)28(16-22-9-6-14-32-22)15-19-10-12-21(27)13-11-19/h3-14,18,24H,15-17H2,1-2H3. The highest BCUT2D eigenvalue weighted by molar-refractivity contribution is 7.09. The van der Waals surface area contributed by atoms with Crippen molar-refractivity contribution in [1.82, 2.24) is 9.80 Å². The van der Waals surface area contributed by atoms with Crippen LogP contribution < -0.4 is 0 Å². The van der Waals surface area contributed by atoms with Crippen molar-refractivity contribution in [2.45, 2.75) is 38.4 Å². The van der Waals surface area contributed by atoms with Crippen molar-refractivity contribution in [3.05, 3.63) is 93.9 Å². The first-order valence-electron chi connectivity index (χ1n) is 10.4. The Kier molecular flexibility index (Phi) is 8.42. The molecule has 0 saturated heterocycles. The van der Waals surface area contributed by atoms with Crippen molar-refractivity contribution in [2.24, 2.45) is 0 Å². The molecule has 2 aromatic carbocycles. The lowest BCUT2D eigenvalue weighted by molar-refractivity contribution is -0.142. The second-order valence-electron chi connectivity index (χ2n) is 7.79. The molecule has 0 spiro atoms. The number of alkyl halides is 1. The van der Waals surface area contributed by atoms with Crippen LogP contribution in [0.5, 0.6) is 0 Å². The summed E-state index contributed by atoms with van der Waals surface area (Å²) in [6.07, 6.45) is 0. The van der Waals surface area contributed by atoms with Gasteiger partial charge in [0.1, 0.15) is 17.7 Å². The summed E-state index contributed by atoms with van der Waals surface area (Å²) in [5.41, 5.74) is 1.51. The van der Waals surface area contributed by atoms with E-state index in [2.05, 4.69) is 0 Å². The fraction of sp³-hybridized carbons (Fsp3) is 0.280. The van der Waals surface area contributed by atoms with Crippen molar-refractivity contribution in [3.8, 4) is 0 Å². The number of thiophene rings is 1. The first kappa shape index (κ1) is 24.0. The van der Waals surface area contributed by atoms with Crippen molar-refractivity contribution in [1.29, 1.82) is 0 Å². The van der Waals surface area contributed by atoms with Gasteiger partial charge >= 0.3 is 0 Å². The normalized spacial score (nSPS) is 11.9. The third kappa shape index (κ3) is 6.40. The highest BCUT2D eigenvalue weighted by Gasteiger charge is 2.29. The molecule has 1 unspecified atom stereocenters. The second-order valence-corrected chi connectivity index (χ2v) is 9.26. The summed E-state index contributed by atoms with van der Waals surface area (Å²) in [5.74, 6) is -0.823. The highest BCUT2D eigenvalue weighted by Crippen LogP contribution is 2.24. The van der Waals surface area contributed by atoms with E-state index in [0.29, 0.717) is 18.7 Å². The Morgan fingerprint density at radius 3 is 2.25 bits per heavy atom. The van der Waals surface area contributed by atoms with Crippen molar-refractivity contribution in [2.75, 3.05) is 6.54 Å². The lowest BCUT2D eigenvalue weighted by atomic mass is 10.1. The lowest BCUT2D eigenvalue weighted by Crippen LogP contribution is -2.46. The minimum absolute atomic E-state index is 0.0842. The number of halogens is 2. The molecular formula is C25H26ClFN2O2S. The van der Waals surface area contributed by atoms with Crippen LogP contribution in [-0.4, -0.2) is 34.2 Å². The molecule has 0 aliphatic heterocycles. The molecule has 3 rings (SSSR count). The molecule has 4 nitrogen and oxygen atoms in total. The van der Waals surface area contributed by atoms with Crippen LogP contribution in [0.15, 0.2) is 72.1 Å². The monoisotopic (exact) mass is 472 g/mol. The first-order chi connectivity index (χ1) is 15.3. The maximum absolute atomic E-state index is 13.3. The van der Waals surface area contributed by atoms with Crippen LogP contribution in [0.1, 0.15) is 35.2 Å². The molecule has 0 aliphatic rings. The fourth-order valence-corrected chi connectivity index (χ4v) is 4.29. The van der Waals surface area contributed by atoms with E-state index in [1.165, 1.54) is 17.0 Å². The van der Waals surface area contributed by atoms with Gasteiger partial charge in [-0.15, -0.1) is 22.9 Å². The average molecular weight is 473 g/mol. The van der Waals surface area contributed by atoms with Crippen LogP contribution in [-0.2, 0) is 22.7 Å². The van der Waals surface area contributed by atoms with Gasteiger partial charge in [0.2, 0.25) is 11.8 Å². The minimum atomic E-state index is -0.866. The summed E-state index contributed by atoms with van der Waals surface area (Å²) in [5, 5.41) is 1.09. The van der Waals surface area contributed by atoms with E-state index in [1.807, 2.05) is 49.6 Å². The molecule has 1 aromatic heterocycles. The van der Waals surface area contributed by atoms with Crippen LogP contribution in [0.25, 0.3) is 0 Å². The SMILES string of the molecule is CC(C)N(CC(=O)N(Cc1ccc(F)cc1)Cc1cccs1)C(=O)C(Cl)c1ccccc1. The summed E-state index contributed by atoms with van der Waals surface area (Å²) in [6, 6.07) is 18.9. The Morgan fingerprint density at radius 2 is 1.66 bits per heavy atom. The van der Waals surface area contributed by atoms with Crippen LogP contribution in [0.2, 0.25) is 0 Å². The summed E-state index contributed by atoms with van der Waals surface area (Å²) >= 11 is 8.03. The predicted octanol–water partition coefficient (Wildman–Crippen LogP) is 5.63. The molecule has 0 saturated carbocycles. The number of amides is 2. The van der Waals surface area contributed by atoms with Gasteiger partial charge in [0, 0.05) is 17.5 Å². The molecule has 1 atom stereocenters. The molecule has 7 heteroatoms. The van der Waals surface area contributed by atoms with Gasteiger partial charge in [-0.3, -0.25) is 9.59 Å². The van der Waals surface area contributed by atoms with Gasteiger partial charge < -0.3 is 9.80 Å². The van der Waals surface area contributed by atoms with Gasteiger partial charge in [-0.05, 0) is 48.6 Å². The van der Waals surface area contributed by atoms with Gasteiger partial charge in [-0.1, -0.05) is 48.5 Å². The molecule has 0 radical (unpaired) electrons. The zero-order valence-corrected chi connectivity index (χ0v) is 19.7. The van der Waals surface area contributed by atoms with E-state index < -0.39 is 5.38 Å². The molecule has 2 amide bonds. The minimum Gasteiger partial charge on any atom is -0.332 e. The van der Waals surface area contributed by atoms with E-state index >= 15 is 0 Å². The zero-order valence-electron chi connectivity index (χ0n) is 18.1. The number of nitrogens with zero attached hydrogens (tertiary/aromatic N) is 2. The third-order valence-electron chi connectivity index (χ3n) is 5.09.